The molecule has 0 aromatic carbocycles. The van der Waals surface area contributed by atoms with E-state index in [0.717, 1.165) is 18.8 Å². The van der Waals surface area contributed by atoms with Crippen LogP contribution in [0.4, 0.5) is 0 Å². The Morgan fingerprint density at radius 1 is 1.31 bits per heavy atom. The van der Waals surface area contributed by atoms with Crippen LogP contribution in [0.3, 0.4) is 0 Å². The van der Waals surface area contributed by atoms with Crippen LogP contribution in [0.2, 0.25) is 0 Å². The van der Waals surface area contributed by atoms with Crippen molar-refractivity contribution in [2.75, 3.05) is 13.2 Å². The average molecular weight is 226 g/mol. The van der Waals surface area contributed by atoms with Crippen molar-refractivity contribution < 1.29 is 14.3 Å². The van der Waals surface area contributed by atoms with Gasteiger partial charge in [0.05, 0.1) is 24.9 Å². The van der Waals surface area contributed by atoms with Crippen molar-refractivity contribution >= 4 is 5.97 Å². The average Bonchev–Trinajstić information content (AvgIpc) is 2.28. The molecule has 0 radical (unpaired) electrons. The number of carbonyl (C=O) groups is 1. The number of hydrogen-bond acceptors (Lipinski definition) is 3. The van der Waals surface area contributed by atoms with E-state index in [4.69, 9.17) is 9.47 Å². The summed E-state index contributed by atoms with van der Waals surface area (Å²) in [5.41, 5.74) is 0.417. The van der Waals surface area contributed by atoms with E-state index in [1.165, 1.54) is 12.8 Å². The molecule has 1 saturated carbocycles. The molecule has 0 atom stereocenters. The second-order valence-electron chi connectivity index (χ2n) is 4.52. The fourth-order valence-corrected chi connectivity index (χ4v) is 1.91. The van der Waals surface area contributed by atoms with Crippen molar-refractivity contribution in [1.82, 2.24) is 0 Å². The zero-order chi connectivity index (χ0) is 12.0. The molecule has 92 valence electrons. The van der Waals surface area contributed by atoms with Gasteiger partial charge >= 0.3 is 5.97 Å². The minimum absolute atomic E-state index is 0.294. The fourth-order valence-electron chi connectivity index (χ4n) is 1.91. The molecule has 0 unspecified atom stereocenters. The van der Waals surface area contributed by atoms with Gasteiger partial charge in [-0.2, -0.15) is 0 Å². The second-order valence-corrected chi connectivity index (χ2v) is 4.52. The van der Waals surface area contributed by atoms with Crippen molar-refractivity contribution in [2.24, 2.45) is 5.92 Å². The summed E-state index contributed by atoms with van der Waals surface area (Å²) in [5, 5.41) is 0. The SMILES string of the molecule is C=C(COC1CCC(C)CC1)C(=O)OCC. The summed E-state index contributed by atoms with van der Waals surface area (Å²) < 4.78 is 10.5. The minimum atomic E-state index is -0.341. The lowest BCUT2D eigenvalue weighted by Crippen LogP contribution is -2.22. The Bertz CT molecular complexity index is 240. The predicted molar refractivity (Wildman–Crippen MR) is 63.1 cm³/mol. The third-order valence-corrected chi connectivity index (χ3v) is 3.02. The molecule has 0 bridgehead atoms. The van der Waals surface area contributed by atoms with Crippen molar-refractivity contribution in [1.29, 1.82) is 0 Å². The first-order chi connectivity index (χ1) is 7.63. The van der Waals surface area contributed by atoms with Gasteiger partial charge in [0.25, 0.3) is 0 Å². The summed E-state index contributed by atoms with van der Waals surface area (Å²) >= 11 is 0. The van der Waals surface area contributed by atoms with Gasteiger partial charge < -0.3 is 9.47 Å². The van der Waals surface area contributed by atoms with Crippen LogP contribution < -0.4 is 0 Å². The number of esters is 1. The summed E-state index contributed by atoms with van der Waals surface area (Å²) in [7, 11) is 0. The summed E-state index contributed by atoms with van der Waals surface area (Å²) in [6, 6.07) is 0. The zero-order valence-corrected chi connectivity index (χ0v) is 10.3. The van der Waals surface area contributed by atoms with Gasteiger partial charge in [0.2, 0.25) is 0 Å². The van der Waals surface area contributed by atoms with Crippen molar-refractivity contribution in [3.05, 3.63) is 12.2 Å². The smallest absolute Gasteiger partial charge is 0.335 e. The van der Waals surface area contributed by atoms with Gasteiger partial charge in [-0.15, -0.1) is 0 Å². The van der Waals surface area contributed by atoms with Crippen LogP contribution >= 0.6 is 0 Å². The van der Waals surface area contributed by atoms with E-state index in [1.54, 1.807) is 6.92 Å². The molecule has 0 spiro atoms. The molecule has 0 N–H and O–H groups in total. The highest BCUT2D eigenvalue weighted by molar-refractivity contribution is 5.87. The monoisotopic (exact) mass is 226 g/mol. The molecule has 0 amide bonds. The molecule has 1 rings (SSSR count). The highest BCUT2D eigenvalue weighted by Gasteiger charge is 2.19. The van der Waals surface area contributed by atoms with Gasteiger partial charge in [-0.3, -0.25) is 0 Å². The van der Waals surface area contributed by atoms with E-state index < -0.39 is 0 Å². The molecular weight excluding hydrogens is 204 g/mol. The van der Waals surface area contributed by atoms with Gasteiger partial charge in [0.15, 0.2) is 0 Å². The normalized spacial score (nSPS) is 25.1. The molecule has 0 heterocycles. The molecule has 1 aliphatic carbocycles. The molecule has 3 heteroatoms. The molecule has 1 fully saturated rings. The Morgan fingerprint density at radius 3 is 2.50 bits per heavy atom. The van der Waals surface area contributed by atoms with Crippen molar-refractivity contribution in [3.8, 4) is 0 Å². The number of ether oxygens (including phenoxy) is 2. The van der Waals surface area contributed by atoms with E-state index in [-0.39, 0.29) is 5.97 Å². The van der Waals surface area contributed by atoms with Crippen LogP contribution in [-0.2, 0) is 14.3 Å². The highest BCUT2D eigenvalue weighted by Crippen LogP contribution is 2.25. The Hall–Kier alpha value is -0.830. The molecule has 0 aliphatic heterocycles. The Kier molecular flexibility index (Phi) is 5.53. The van der Waals surface area contributed by atoms with E-state index in [9.17, 15) is 4.79 Å². The topological polar surface area (TPSA) is 35.5 Å². The maximum absolute atomic E-state index is 11.3. The lowest BCUT2D eigenvalue weighted by molar-refractivity contribution is -0.139. The third kappa shape index (κ3) is 4.35. The maximum atomic E-state index is 11.3. The van der Waals surface area contributed by atoms with Crippen molar-refractivity contribution in [3.63, 3.8) is 0 Å². The van der Waals surface area contributed by atoms with Crippen molar-refractivity contribution in [2.45, 2.75) is 45.6 Å². The molecule has 0 aromatic heterocycles. The molecule has 0 saturated heterocycles. The lowest BCUT2D eigenvalue weighted by atomic mass is 9.89. The van der Waals surface area contributed by atoms with Crippen LogP contribution in [0.25, 0.3) is 0 Å². The quantitative estimate of drug-likeness (QED) is 0.534. The van der Waals surface area contributed by atoms with E-state index in [2.05, 4.69) is 13.5 Å². The maximum Gasteiger partial charge on any atom is 0.335 e. The standard InChI is InChI=1S/C13H22O3/c1-4-15-13(14)11(3)9-16-12-7-5-10(2)6-8-12/h10,12H,3-9H2,1-2H3. The highest BCUT2D eigenvalue weighted by atomic mass is 16.5. The third-order valence-electron chi connectivity index (χ3n) is 3.02. The van der Waals surface area contributed by atoms with E-state index in [0.29, 0.717) is 24.9 Å². The lowest BCUT2D eigenvalue weighted by Gasteiger charge is -2.26. The largest absolute Gasteiger partial charge is 0.463 e. The molecule has 3 nitrogen and oxygen atoms in total. The first kappa shape index (κ1) is 13.2. The van der Waals surface area contributed by atoms with E-state index >= 15 is 0 Å². The van der Waals surface area contributed by atoms with E-state index in [1.807, 2.05) is 0 Å². The number of hydrogen-bond donors (Lipinski definition) is 0. The number of rotatable bonds is 5. The van der Waals surface area contributed by atoms with Gasteiger partial charge in [-0.1, -0.05) is 13.5 Å². The van der Waals surface area contributed by atoms with Gasteiger partial charge in [-0.05, 0) is 38.5 Å². The van der Waals surface area contributed by atoms with Gasteiger partial charge in [-0.25, -0.2) is 4.79 Å². The Balaban J connectivity index is 2.19. The first-order valence-corrected chi connectivity index (χ1v) is 6.10. The first-order valence-electron chi connectivity index (χ1n) is 6.10. The number of carbonyl (C=O) groups excluding carboxylic acids is 1. The summed E-state index contributed by atoms with van der Waals surface area (Å²) in [6.07, 6.45) is 4.92. The summed E-state index contributed by atoms with van der Waals surface area (Å²) in [4.78, 5) is 11.3. The molecule has 16 heavy (non-hydrogen) atoms. The summed E-state index contributed by atoms with van der Waals surface area (Å²) in [5.74, 6) is 0.472. The minimum Gasteiger partial charge on any atom is -0.463 e. The van der Waals surface area contributed by atoms with Crippen LogP contribution in [0.1, 0.15) is 39.5 Å². The molecular formula is C13H22O3. The predicted octanol–water partition coefficient (Wildman–Crippen LogP) is 2.70. The van der Waals surface area contributed by atoms with Crippen LogP contribution in [0.15, 0.2) is 12.2 Å². The fraction of sp³-hybridized carbons (Fsp3) is 0.769. The molecule has 1 aliphatic rings. The van der Waals surface area contributed by atoms with Gasteiger partial charge in [0, 0.05) is 0 Å². The van der Waals surface area contributed by atoms with Gasteiger partial charge in [0.1, 0.15) is 0 Å². The second kappa shape index (κ2) is 6.69. The zero-order valence-electron chi connectivity index (χ0n) is 10.3. The Morgan fingerprint density at radius 2 is 1.94 bits per heavy atom. The van der Waals surface area contributed by atoms with Crippen LogP contribution in [0.5, 0.6) is 0 Å². The summed E-state index contributed by atoms with van der Waals surface area (Å²) in [6.45, 7) is 8.42. The Labute approximate surface area is 97.8 Å². The van der Waals surface area contributed by atoms with Crippen LogP contribution in [-0.4, -0.2) is 25.3 Å². The van der Waals surface area contributed by atoms with Crippen LogP contribution in [0, 0.1) is 5.92 Å². The molecule has 0 aromatic rings.